The quantitative estimate of drug-likeness (QED) is 0.334. The minimum Gasteiger partial charge on any atom is -0.203 e. The lowest BCUT2D eigenvalue weighted by Crippen LogP contribution is -2.25. The molecule has 0 aromatic heterocycles. The van der Waals surface area contributed by atoms with Gasteiger partial charge in [-0.25, -0.2) is 8.78 Å². The standard InChI is InChI=1S/C27H38F2/c1-3-5-6-7-20-8-13-23(14-9-20)24-15-10-21(11-16-24)12-17-25-19-18-22(4-2)26(28)27(25)29/h18-21,23-24H,3-11,13-16H2,1-2H3. The predicted molar refractivity (Wildman–Crippen MR) is 118 cm³/mol. The fourth-order valence-electron chi connectivity index (χ4n) is 5.51. The van der Waals surface area contributed by atoms with Gasteiger partial charge in [-0.05, 0) is 74.3 Å². The first-order chi connectivity index (χ1) is 14.1. The summed E-state index contributed by atoms with van der Waals surface area (Å²) in [4.78, 5) is 0. The number of halogens is 2. The maximum Gasteiger partial charge on any atom is 0.174 e. The maximum absolute atomic E-state index is 14.2. The van der Waals surface area contributed by atoms with Crippen LogP contribution < -0.4 is 0 Å². The van der Waals surface area contributed by atoms with Gasteiger partial charge >= 0.3 is 0 Å². The normalized spacial score (nSPS) is 27.3. The van der Waals surface area contributed by atoms with E-state index in [0.717, 1.165) is 30.6 Å². The van der Waals surface area contributed by atoms with E-state index in [1.165, 1.54) is 64.2 Å². The van der Waals surface area contributed by atoms with E-state index >= 15 is 0 Å². The van der Waals surface area contributed by atoms with Crippen LogP contribution >= 0.6 is 0 Å². The van der Waals surface area contributed by atoms with Crippen molar-refractivity contribution < 1.29 is 8.78 Å². The number of hydrogen-bond acceptors (Lipinski definition) is 0. The van der Waals surface area contributed by atoms with Crippen LogP contribution in [0.1, 0.15) is 102 Å². The van der Waals surface area contributed by atoms with E-state index in [0.29, 0.717) is 17.9 Å². The van der Waals surface area contributed by atoms with E-state index in [-0.39, 0.29) is 5.56 Å². The highest BCUT2D eigenvalue weighted by Crippen LogP contribution is 2.42. The van der Waals surface area contributed by atoms with E-state index in [4.69, 9.17) is 0 Å². The number of benzene rings is 1. The molecule has 2 fully saturated rings. The zero-order valence-electron chi connectivity index (χ0n) is 18.4. The highest BCUT2D eigenvalue weighted by molar-refractivity contribution is 5.39. The summed E-state index contributed by atoms with van der Waals surface area (Å²) in [5, 5.41) is 0. The van der Waals surface area contributed by atoms with Crippen LogP contribution in [0.3, 0.4) is 0 Å². The van der Waals surface area contributed by atoms with Crippen molar-refractivity contribution >= 4 is 0 Å². The van der Waals surface area contributed by atoms with Crippen molar-refractivity contribution in [2.24, 2.45) is 23.7 Å². The summed E-state index contributed by atoms with van der Waals surface area (Å²) in [5.74, 6) is 7.77. The van der Waals surface area contributed by atoms with E-state index in [1.807, 2.05) is 6.92 Å². The first-order valence-electron chi connectivity index (χ1n) is 12.1. The lowest BCUT2D eigenvalue weighted by atomic mass is 9.69. The van der Waals surface area contributed by atoms with Crippen LogP contribution in [0.2, 0.25) is 0 Å². The van der Waals surface area contributed by atoms with Crippen molar-refractivity contribution in [3.63, 3.8) is 0 Å². The Kier molecular flexibility index (Phi) is 8.58. The molecule has 29 heavy (non-hydrogen) atoms. The lowest BCUT2D eigenvalue weighted by Gasteiger charge is -2.37. The summed E-state index contributed by atoms with van der Waals surface area (Å²) in [6.07, 6.45) is 16.6. The van der Waals surface area contributed by atoms with E-state index in [1.54, 1.807) is 12.1 Å². The number of aryl methyl sites for hydroxylation is 1. The lowest BCUT2D eigenvalue weighted by molar-refractivity contribution is 0.153. The van der Waals surface area contributed by atoms with Gasteiger partial charge in [0.2, 0.25) is 0 Å². The molecule has 1 aromatic carbocycles. The van der Waals surface area contributed by atoms with E-state index < -0.39 is 11.6 Å². The average Bonchev–Trinajstić information content (AvgIpc) is 2.76. The molecule has 0 atom stereocenters. The monoisotopic (exact) mass is 400 g/mol. The molecule has 0 aliphatic heterocycles. The Morgan fingerprint density at radius 3 is 2.10 bits per heavy atom. The molecule has 0 nitrogen and oxygen atoms in total. The van der Waals surface area contributed by atoms with Gasteiger partial charge in [-0.2, -0.15) is 0 Å². The van der Waals surface area contributed by atoms with Crippen LogP contribution in [0.5, 0.6) is 0 Å². The Morgan fingerprint density at radius 2 is 1.48 bits per heavy atom. The Hall–Kier alpha value is -1.36. The summed E-state index contributed by atoms with van der Waals surface area (Å²) in [6.45, 7) is 4.12. The predicted octanol–water partition coefficient (Wildman–Crippen LogP) is 8.07. The smallest absolute Gasteiger partial charge is 0.174 e. The number of rotatable bonds is 6. The Labute approximate surface area is 176 Å². The second-order valence-electron chi connectivity index (χ2n) is 9.41. The molecule has 160 valence electrons. The largest absolute Gasteiger partial charge is 0.203 e. The summed E-state index contributed by atoms with van der Waals surface area (Å²) < 4.78 is 28.1. The summed E-state index contributed by atoms with van der Waals surface area (Å²) >= 11 is 0. The molecule has 0 saturated heterocycles. The molecule has 0 amide bonds. The van der Waals surface area contributed by atoms with Crippen LogP contribution in [0.4, 0.5) is 8.78 Å². The molecule has 2 heteroatoms. The summed E-state index contributed by atoms with van der Waals surface area (Å²) in [7, 11) is 0. The molecule has 0 radical (unpaired) electrons. The number of hydrogen-bond donors (Lipinski definition) is 0. The van der Waals surface area contributed by atoms with Crippen LogP contribution in [0.25, 0.3) is 0 Å². The number of unbranched alkanes of at least 4 members (excludes halogenated alkanes) is 2. The molecular formula is C27H38F2. The van der Waals surface area contributed by atoms with Gasteiger partial charge in [-0.1, -0.05) is 70.3 Å². The molecule has 0 unspecified atom stereocenters. The van der Waals surface area contributed by atoms with Crippen molar-refractivity contribution in [2.45, 2.75) is 97.3 Å². The van der Waals surface area contributed by atoms with Gasteiger partial charge in [0.15, 0.2) is 11.6 Å². The zero-order valence-corrected chi connectivity index (χ0v) is 18.4. The van der Waals surface area contributed by atoms with E-state index in [2.05, 4.69) is 18.8 Å². The Bertz CT molecular complexity index is 695. The minimum absolute atomic E-state index is 0.211. The molecule has 0 bridgehead atoms. The first-order valence-corrected chi connectivity index (χ1v) is 12.1. The van der Waals surface area contributed by atoms with Gasteiger partial charge in [0.05, 0.1) is 5.56 Å². The van der Waals surface area contributed by atoms with Gasteiger partial charge in [0.1, 0.15) is 0 Å². The molecule has 3 rings (SSSR count). The fourth-order valence-corrected chi connectivity index (χ4v) is 5.51. The topological polar surface area (TPSA) is 0 Å². The van der Waals surface area contributed by atoms with Crippen molar-refractivity contribution in [3.05, 3.63) is 34.9 Å². The van der Waals surface area contributed by atoms with Crippen molar-refractivity contribution in [1.82, 2.24) is 0 Å². The zero-order chi connectivity index (χ0) is 20.6. The fraction of sp³-hybridized carbons (Fsp3) is 0.704. The average molecular weight is 401 g/mol. The highest BCUT2D eigenvalue weighted by atomic mass is 19.2. The molecule has 2 aliphatic rings. The third-order valence-corrected chi connectivity index (χ3v) is 7.50. The van der Waals surface area contributed by atoms with Crippen LogP contribution in [0.15, 0.2) is 12.1 Å². The van der Waals surface area contributed by atoms with E-state index in [9.17, 15) is 8.78 Å². The van der Waals surface area contributed by atoms with Crippen molar-refractivity contribution in [2.75, 3.05) is 0 Å². The molecule has 2 saturated carbocycles. The molecule has 0 N–H and O–H groups in total. The molecule has 0 spiro atoms. The third kappa shape index (κ3) is 6.07. The highest BCUT2D eigenvalue weighted by Gasteiger charge is 2.30. The van der Waals surface area contributed by atoms with Gasteiger partial charge < -0.3 is 0 Å². The Morgan fingerprint density at radius 1 is 0.828 bits per heavy atom. The maximum atomic E-state index is 14.2. The minimum atomic E-state index is -0.777. The first kappa shape index (κ1) is 22.3. The molecule has 0 heterocycles. The van der Waals surface area contributed by atoms with Crippen molar-refractivity contribution in [1.29, 1.82) is 0 Å². The molecule has 2 aliphatic carbocycles. The third-order valence-electron chi connectivity index (χ3n) is 7.50. The molecule has 1 aromatic rings. The van der Waals surface area contributed by atoms with Gasteiger partial charge in [0, 0.05) is 5.92 Å². The summed E-state index contributed by atoms with van der Waals surface area (Å²) in [5.41, 5.74) is 0.636. The van der Waals surface area contributed by atoms with Gasteiger partial charge in [-0.3, -0.25) is 0 Å². The second kappa shape index (κ2) is 11.1. The SMILES string of the molecule is CCCCCC1CCC(C2CCC(C#Cc3ccc(CC)c(F)c3F)CC2)CC1. The Balaban J connectivity index is 1.45. The van der Waals surface area contributed by atoms with Crippen LogP contribution in [0, 0.1) is 47.1 Å². The van der Waals surface area contributed by atoms with Crippen LogP contribution in [-0.4, -0.2) is 0 Å². The second-order valence-corrected chi connectivity index (χ2v) is 9.41. The van der Waals surface area contributed by atoms with Crippen molar-refractivity contribution in [3.8, 4) is 11.8 Å². The molecular weight excluding hydrogens is 362 g/mol. The summed E-state index contributed by atoms with van der Waals surface area (Å²) in [6, 6.07) is 3.30. The van der Waals surface area contributed by atoms with Gasteiger partial charge in [-0.15, -0.1) is 0 Å². The van der Waals surface area contributed by atoms with Crippen LogP contribution in [-0.2, 0) is 6.42 Å². The van der Waals surface area contributed by atoms with Gasteiger partial charge in [0.25, 0.3) is 0 Å².